The maximum Gasteiger partial charge on any atom is 0.316 e. The van der Waals surface area contributed by atoms with Crippen molar-refractivity contribution in [2.45, 2.75) is 32.9 Å². The van der Waals surface area contributed by atoms with Gasteiger partial charge in [-0.15, -0.1) is 11.8 Å². The van der Waals surface area contributed by atoms with Crippen molar-refractivity contribution in [3.05, 3.63) is 41.2 Å². The van der Waals surface area contributed by atoms with Gasteiger partial charge in [-0.1, -0.05) is 17.3 Å². The van der Waals surface area contributed by atoms with Gasteiger partial charge < -0.3 is 19.9 Å². The number of aryl methyl sites for hydroxylation is 3. The highest BCUT2D eigenvalue weighted by molar-refractivity contribution is 8.01. The number of rotatable bonds is 8. The summed E-state index contributed by atoms with van der Waals surface area (Å²) in [6.07, 6.45) is 0. The van der Waals surface area contributed by atoms with Gasteiger partial charge in [0.1, 0.15) is 5.76 Å². The van der Waals surface area contributed by atoms with Crippen LogP contribution in [0.5, 0.6) is 0 Å². The molecule has 9 heteroatoms. The van der Waals surface area contributed by atoms with Crippen LogP contribution < -0.4 is 10.6 Å². The van der Waals surface area contributed by atoms with Crippen LogP contribution >= 0.6 is 11.8 Å². The Kier molecular flexibility index (Phi) is 7.62. The van der Waals surface area contributed by atoms with Gasteiger partial charge in [0, 0.05) is 11.8 Å². The van der Waals surface area contributed by atoms with E-state index >= 15 is 0 Å². The smallest absolute Gasteiger partial charge is 0.316 e. The summed E-state index contributed by atoms with van der Waals surface area (Å²) in [6.45, 7) is 6.80. The lowest BCUT2D eigenvalue weighted by Crippen LogP contribution is -2.25. The van der Waals surface area contributed by atoms with E-state index in [1.165, 1.54) is 0 Å². The summed E-state index contributed by atoms with van der Waals surface area (Å²) < 4.78 is 9.84. The number of anilines is 2. The highest BCUT2D eigenvalue weighted by atomic mass is 32.2. The normalized spacial score (nSPS) is 11.6. The molecule has 0 radical (unpaired) electrons. The van der Waals surface area contributed by atoms with Gasteiger partial charge in [-0.25, -0.2) is 0 Å². The second-order valence-electron chi connectivity index (χ2n) is 6.29. The molecule has 0 unspecified atom stereocenters. The Hall–Kier alpha value is -2.81. The summed E-state index contributed by atoms with van der Waals surface area (Å²) in [5.74, 6) is -0.446. The zero-order valence-corrected chi connectivity index (χ0v) is 17.0. The molecule has 0 saturated heterocycles. The fourth-order valence-electron chi connectivity index (χ4n) is 2.17. The van der Waals surface area contributed by atoms with Crippen molar-refractivity contribution in [3.8, 4) is 0 Å². The van der Waals surface area contributed by atoms with Crippen molar-refractivity contribution >= 4 is 41.1 Å². The zero-order valence-electron chi connectivity index (χ0n) is 16.2. The lowest BCUT2D eigenvalue weighted by Gasteiger charge is -2.11. The van der Waals surface area contributed by atoms with Gasteiger partial charge in [0.25, 0.3) is 5.91 Å². The number of aromatic nitrogens is 1. The van der Waals surface area contributed by atoms with Crippen molar-refractivity contribution in [2.75, 3.05) is 23.0 Å². The van der Waals surface area contributed by atoms with Crippen LogP contribution in [0, 0.1) is 20.8 Å². The highest BCUT2D eigenvalue weighted by Crippen LogP contribution is 2.17. The molecule has 0 bridgehead atoms. The first kappa shape index (κ1) is 21.5. The number of nitrogens with one attached hydrogen (secondary N) is 2. The van der Waals surface area contributed by atoms with E-state index in [4.69, 9.17) is 9.26 Å². The summed E-state index contributed by atoms with van der Waals surface area (Å²) in [4.78, 5) is 35.8. The van der Waals surface area contributed by atoms with Crippen LogP contribution in [0.15, 0.2) is 28.8 Å². The monoisotopic (exact) mass is 405 g/mol. The third-order valence-electron chi connectivity index (χ3n) is 3.73. The molecule has 1 heterocycles. The predicted molar refractivity (Wildman–Crippen MR) is 107 cm³/mol. The second-order valence-corrected chi connectivity index (χ2v) is 7.62. The van der Waals surface area contributed by atoms with Crippen LogP contribution in [0.1, 0.15) is 23.8 Å². The van der Waals surface area contributed by atoms with Gasteiger partial charge >= 0.3 is 5.97 Å². The van der Waals surface area contributed by atoms with Crippen LogP contribution in [0.4, 0.5) is 11.5 Å². The fourth-order valence-corrected chi connectivity index (χ4v) is 2.85. The standard InChI is InChI=1S/C19H23N3O5S/c1-11-5-6-12(2)15(7-11)20-17(23)9-26-18(24)10-28-14(4)19(25)21-16-8-13(3)27-22-16/h5-8,14H,9-10H2,1-4H3,(H,20,23)(H,21,22,25)/t14-/m1/s1. The molecular formula is C19H23N3O5S. The van der Waals surface area contributed by atoms with E-state index in [1.54, 1.807) is 19.9 Å². The van der Waals surface area contributed by atoms with Gasteiger partial charge in [0.05, 0.1) is 11.0 Å². The average Bonchev–Trinajstić information content (AvgIpc) is 3.05. The molecule has 2 aromatic rings. The lowest BCUT2D eigenvalue weighted by atomic mass is 10.1. The average molecular weight is 405 g/mol. The summed E-state index contributed by atoms with van der Waals surface area (Å²) in [6, 6.07) is 7.30. The number of benzene rings is 1. The van der Waals surface area contributed by atoms with Gasteiger partial charge in [0.2, 0.25) is 5.91 Å². The molecule has 0 aliphatic rings. The Morgan fingerprint density at radius 3 is 2.61 bits per heavy atom. The molecule has 1 aromatic heterocycles. The number of carbonyl (C=O) groups excluding carboxylic acids is 3. The molecule has 2 N–H and O–H groups in total. The maximum atomic E-state index is 12.0. The number of carbonyl (C=O) groups is 3. The highest BCUT2D eigenvalue weighted by Gasteiger charge is 2.18. The van der Waals surface area contributed by atoms with E-state index in [0.29, 0.717) is 17.3 Å². The predicted octanol–water partition coefficient (Wildman–Crippen LogP) is 2.84. The molecule has 1 aromatic carbocycles. The Morgan fingerprint density at radius 1 is 1.18 bits per heavy atom. The number of hydrogen-bond donors (Lipinski definition) is 2. The van der Waals surface area contributed by atoms with Gasteiger partial charge in [-0.2, -0.15) is 0 Å². The Labute approximate surface area is 167 Å². The number of thioether (sulfide) groups is 1. The molecule has 2 rings (SSSR count). The summed E-state index contributed by atoms with van der Waals surface area (Å²) >= 11 is 1.10. The zero-order chi connectivity index (χ0) is 20.7. The van der Waals surface area contributed by atoms with Gasteiger partial charge in [-0.3, -0.25) is 14.4 Å². The van der Waals surface area contributed by atoms with E-state index < -0.39 is 17.1 Å². The SMILES string of the molecule is Cc1ccc(C)c(NC(=O)COC(=O)CS[C@H](C)C(=O)Nc2cc(C)on2)c1. The Morgan fingerprint density at radius 2 is 1.93 bits per heavy atom. The lowest BCUT2D eigenvalue weighted by molar-refractivity contribution is -0.144. The molecule has 0 aliphatic carbocycles. The number of ether oxygens (including phenoxy) is 1. The van der Waals surface area contributed by atoms with Crippen molar-refractivity contribution in [1.29, 1.82) is 0 Å². The third-order valence-corrected chi connectivity index (χ3v) is 4.85. The Balaban J connectivity index is 1.70. The largest absolute Gasteiger partial charge is 0.455 e. The fraction of sp³-hybridized carbons (Fsp3) is 0.368. The first-order chi connectivity index (χ1) is 13.2. The van der Waals surface area contributed by atoms with Gasteiger partial charge in [-0.05, 0) is 44.9 Å². The van der Waals surface area contributed by atoms with E-state index in [-0.39, 0.29) is 18.3 Å². The van der Waals surface area contributed by atoms with Crippen LogP contribution in [0.2, 0.25) is 0 Å². The van der Waals surface area contributed by atoms with Gasteiger partial charge in [0.15, 0.2) is 12.4 Å². The second kappa shape index (κ2) is 9.93. The third kappa shape index (κ3) is 6.73. The van der Waals surface area contributed by atoms with E-state index in [1.807, 2.05) is 32.0 Å². The van der Waals surface area contributed by atoms with E-state index in [9.17, 15) is 14.4 Å². The number of amides is 2. The minimum absolute atomic E-state index is 0.0524. The maximum absolute atomic E-state index is 12.0. The minimum atomic E-state index is -0.571. The van der Waals surface area contributed by atoms with Crippen molar-refractivity contribution in [1.82, 2.24) is 5.16 Å². The summed E-state index contributed by atoms with van der Waals surface area (Å²) in [5.41, 5.74) is 2.62. The van der Waals surface area contributed by atoms with Crippen LogP contribution in [-0.4, -0.2) is 40.6 Å². The molecule has 0 saturated carbocycles. The van der Waals surface area contributed by atoms with Crippen LogP contribution in [0.3, 0.4) is 0 Å². The van der Waals surface area contributed by atoms with Crippen molar-refractivity contribution in [2.24, 2.45) is 0 Å². The Bertz CT molecular complexity index is 865. The minimum Gasteiger partial charge on any atom is -0.455 e. The molecule has 150 valence electrons. The molecule has 28 heavy (non-hydrogen) atoms. The molecule has 0 aliphatic heterocycles. The molecule has 2 amide bonds. The van der Waals surface area contributed by atoms with Crippen molar-refractivity contribution < 1.29 is 23.6 Å². The number of nitrogens with zero attached hydrogens (tertiary/aromatic N) is 1. The quantitative estimate of drug-likeness (QED) is 0.650. The number of hydrogen-bond acceptors (Lipinski definition) is 7. The van der Waals surface area contributed by atoms with E-state index in [0.717, 1.165) is 22.9 Å². The number of esters is 1. The summed E-state index contributed by atoms with van der Waals surface area (Å²) in [7, 11) is 0. The molecule has 1 atom stereocenters. The molecule has 0 fully saturated rings. The van der Waals surface area contributed by atoms with E-state index in [2.05, 4.69) is 15.8 Å². The first-order valence-electron chi connectivity index (χ1n) is 8.63. The van der Waals surface area contributed by atoms with Crippen LogP contribution in [-0.2, 0) is 19.1 Å². The molecule has 0 spiro atoms. The molecular weight excluding hydrogens is 382 g/mol. The summed E-state index contributed by atoms with van der Waals surface area (Å²) in [5, 5.41) is 8.48. The topological polar surface area (TPSA) is 111 Å². The first-order valence-corrected chi connectivity index (χ1v) is 9.68. The van der Waals surface area contributed by atoms with Crippen LogP contribution in [0.25, 0.3) is 0 Å². The molecule has 8 nitrogen and oxygen atoms in total. The van der Waals surface area contributed by atoms with Crippen molar-refractivity contribution in [3.63, 3.8) is 0 Å².